The fourth-order valence-corrected chi connectivity index (χ4v) is 6.15. The molecule has 2 amide bonds. The van der Waals surface area contributed by atoms with Crippen LogP contribution in [0.1, 0.15) is 62.4 Å². The molecule has 9 heteroatoms. The third kappa shape index (κ3) is 3.85. The summed E-state index contributed by atoms with van der Waals surface area (Å²) in [5.41, 5.74) is 0.0534. The molecule has 2 saturated carbocycles. The molecule has 0 radical (unpaired) electrons. The minimum absolute atomic E-state index is 0.0551. The third-order valence-electron chi connectivity index (χ3n) is 8.18. The number of carbonyl (C=O) groups excluding carboxylic acids is 2. The van der Waals surface area contributed by atoms with Gasteiger partial charge >= 0.3 is 5.97 Å². The highest BCUT2D eigenvalue weighted by Crippen LogP contribution is 2.59. The Labute approximate surface area is 198 Å². The smallest absolute Gasteiger partial charge is 0.357 e. The summed E-state index contributed by atoms with van der Waals surface area (Å²) in [5, 5.41) is 27.3. The number of rotatable bonds is 7. The van der Waals surface area contributed by atoms with Crippen LogP contribution in [-0.4, -0.2) is 67.4 Å². The summed E-state index contributed by atoms with van der Waals surface area (Å²) >= 11 is 0. The van der Waals surface area contributed by atoms with Crippen molar-refractivity contribution in [1.29, 1.82) is 0 Å². The Balaban J connectivity index is 1.36. The molecule has 0 spiro atoms. The molecule has 3 fully saturated rings. The van der Waals surface area contributed by atoms with Crippen LogP contribution in [-0.2, 0) is 16.1 Å². The Kier molecular flexibility index (Phi) is 5.83. The molecule has 3 aliphatic rings. The quantitative estimate of drug-likeness (QED) is 0.572. The van der Waals surface area contributed by atoms with Gasteiger partial charge in [0.2, 0.25) is 11.8 Å². The molecular formula is C25H32N4O5. The Bertz CT molecular complexity index is 1130. The van der Waals surface area contributed by atoms with Crippen LogP contribution in [0.15, 0.2) is 24.3 Å². The normalized spacial score (nSPS) is 30.2. The average molecular weight is 469 g/mol. The molecule has 34 heavy (non-hydrogen) atoms. The summed E-state index contributed by atoms with van der Waals surface area (Å²) in [6.45, 7) is 1.97. The molecule has 2 heterocycles. The number of amides is 2. The SMILES string of the molecule is CCC1CCCC(NC(=O)[C@@H]2C[C@@]3(CO)C[C@H]3N2C(=O)Cn2nc(C(=O)O)c3ccccc32)C1. The third-order valence-corrected chi connectivity index (χ3v) is 8.18. The Morgan fingerprint density at radius 1 is 1.21 bits per heavy atom. The van der Waals surface area contributed by atoms with Gasteiger partial charge in [-0.3, -0.25) is 14.3 Å². The summed E-state index contributed by atoms with van der Waals surface area (Å²) in [7, 11) is 0. The van der Waals surface area contributed by atoms with Crippen molar-refractivity contribution in [2.24, 2.45) is 11.3 Å². The minimum atomic E-state index is -1.15. The fraction of sp³-hybridized carbons (Fsp3) is 0.600. The number of carbonyl (C=O) groups is 3. The lowest BCUT2D eigenvalue weighted by atomic mass is 9.84. The number of carboxylic acids is 1. The lowest BCUT2D eigenvalue weighted by Gasteiger charge is -2.32. The van der Waals surface area contributed by atoms with Gasteiger partial charge in [0, 0.05) is 22.9 Å². The molecule has 1 aromatic carbocycles. The highest BCUT2D eigenvalue weighted by atomic mass is 16.4. The van der Waals surface area contributed by atoms with Crippen LogP contribution < -0.4 is 5.32 Å². The van der Waals surface area contributed by atoms with Crippen LogP contribution in [0.4, 0.5) is 0 Å². The highest BCUT2D eigenvalue weighted by Gasteiger charge is 2.66. The van der Waals surface area contributed by atoms with Crippen molar-refractivity contribution in [3.63, 3.8) is 0 Å². The summed E-state index contributed by atoms with van der Waals surface area (Å²) in [4.78, 5) is 40.1. The average Bonchev–Trinajstić information content (AvgIpc) is 3.26. The second-order valence-electron chi connectivity index (χ2n) is 10.2. The van der Waals surface area contributed by atoms with Gasteiger partial charge in [0.05, 0.1) is 12.1 Å². The molecule has 5 rings (SSSR count). The maximum Gasteiger partial charge on any atom is 0.357 e. The van der Waals surface area contributed by atoms with Gasteiger partial charge in [0.1, 0.15) is 12.6 Å². The zero-order valence-electron chi connectivity index (χ0n) is 19.4. The van der Waals surface area contributed by atoms with E-state index in [1.807, 2.05) is 0 Å². The lowest BCUT2D eigenvalue weighted by Crippen LogP contribution is -2.51. The van der Waals surface area contributed by atoms with E-state index in [1.165, 1.54) is 11.1 Å². The van der Waals surface area contributed by atoms with E-state index in [0.717, 1.165) is 25.7 Å². The van der Waals surface area contributed by atoms with E-state index in [4.69, 9.17) is 0 Å². The van der Waals surface area contributed by atoms with Crippen molar-refractivity contribution in [3.8, 4) is 0 Å². The van der Waals surface area contributed by atoms with Crippen molar-refractivity contribution < 1.29 is 24.6 Å². The fourth-order valence-electron chi connectivity index (χ4n) is 6.15. The molecular weight excluding hydrogens is 436 g/mol. The first-order valence-corrected chi connectivity index (χ1v) is 12.3. The van der Waals surface area contributed by atoms with Crippen LogP contribution in [0.25, 0.3) is 10.9 Å². The van der Waals surface area contributed by atoms with Crippen molar-refractivity contribution in [3.05, 3.63) is 30.0 Å². The summed E-state index contributed by atoms with van der Waals surface area (Å²) in [6, 6.07) is 6.24. The summed E-state index contributed by atoms with van der Waals surface area (Å²) in [6.07, 6.45) is 6.45. The van der Waals surface area contributed by atoms with Crippen molar-refractivity contribution in [1.82, 2.24) is 20.0 Å². The number of benzene rings is 1. The first-order chi connectivity index (χ1) is 16.4. The first-order valence-electron chi connectivity index (χ1n) is 12.3. The van der Waals surface area contributed by atoms with Gasteiger partial charge in [-0.25, -0.2) is 4.79 Å². The van der Waals surface area contributed by atoms with E-state index < -0.39 is 17.4 Å². The molecule has 5 atom stereocenters. The number of aliphatic hydroxyl groups excluding tert-OH is 1. The van der Waals surface area contributed by atoms with Crippen molar-refractivity contribution >= 4 is 28.7 Å². The zero-order valence-corrected chi connectivity index (χ0v) is 19.4. The standard InChI is InChI=1S/C25H32N4O5/c1-2-15-6-5-7-16(10-15)26-23(32)19-11-25(14-30)12-20(25)29(19)21(31)13-28-18-9-4-3-8-17(18)22(27-28)24(33)34/h3-4,8-9,15-16,19-20,30H,2,5-7,10-14H2,1H3,(H,26,32)(H,33,34)/t15?,16?,19-,20+,25-/m0/s1. The number of fused-ring (bicyclic) bond motifs is 2. The number of para-hydroxylation sites is 1. The predicted molar refractivity (Wildman–Crippen MR) is 124 cm³/mol. The van der Waals surface area contributed by atoms with Crippen LogP contribution >= 0.6 is 0 Å². The van der Waals surface area contributed by atoms with E-state index in [1.54, 1.807) is 29.2 Å². The molecule has 9 nitrogen and oxygen atoms in total. The molecule has 2 unspecified atom stereocenters. The summed E-state index contributed by atoms with van der Waals surface area (Å²) in [5.74, 6) is -0.959. The minimum Gasteiger partial charge on any atom is -0.476 e. The summed E-state index contributed by atoms with van der Waals surface area (Å²) < 4.78 is 1.41. The van der Waals surface area contributed by atoms with Gasteiger partial charge in [-0.1, -0.05) is 44.4 Å². The number of likely N-dealkylation sites (tertiary alicyclic amines) is 1. The number of hydrogen-bond acceptors (Lipinski definition) is 5. The molecule has 182 valence electrons. The molecule has 2 aromatic rings. The second-order valence-corrected chi connectivity index (χ2v) is 10.2. The number of piperidine rings is 1. The maximum absolute atomic E-state index is 13.5. The predicted octanol–water partition coefficient (Wildman–Crippen LogP) is 2.17. The largest absolute Gasteiger partial charge is 0.476 e. The molecule has 1 aliphatic heterocycles. The number of aliphatic hydroxyl groups is 1. The molecule has 1 aromatic heterocycles. The van der Waals surface area contributed by atoms with E-state index in [2.05, 4.69) is 17.3 Å². The number of aromatic nitrogens is 2. The van der Waals surface area contributed by atoms with Crippen LogP contribution in [0.3, 0.4) is 0 Å². The number of aromatic carboxylic acids is 1. The van der Waals surface area contributed by atoms with E-state index in [9.17, 15) is 24.6 Å². The number of carboxylic acid groups (broad SMARTS) is 1. The van der Waals surface area contributed by atoms with Gasteiger partial charge in [-0.2, -0.15) is 5.10 Å². The van der Waals surface area contributed by atoms with Crippen LogP contribution in [0.2, 0.25) is 0 Å². The molecule has 0 bridgehead atoms. The molecule has 3 N–H and O–H groups in total. The van der Waals surface area contributed by atoms with Crippen molar-refractivity contribution in [2.75, 3.05) is 6.61 Å². The van der Waals surface area contributed by atoms with E-state index in [-0.39, 0.29) is 42.7 Å². The Morgan fingerprint density at radius 3 is 2.74 bits per heavy atom. The molecule has 1 saturated heterocycles. The van der Waals surface area contributed by atoms with Crippen LogP contribution in [0, 0.1) is 11.3 Å². The zero-order chi connectivity index (χ0) is 24.0. The van der Waals surface area contributed by atoms with Gasteiger partial charge in [0.25, 0.3) is 0 Å². The Hall–Kier alpha value is -2.94. The van der Waals surface area contributed by atoms with Gasteiger partial charge in [0.15, 0.2) is 5.69 Å². The van der Waals surface area contributed by atoms with E-state index in [0.29, 0.717) is 29.7 Å². The first kappa shape index (κ1) is 22.8. The Morgan fingerprint density at radius 2 is 2.00 bits per heavy atom. The number of hydrogen-bond donors (Lipinski definition) is 3. The van der Waals surface area contributed by atoms with Gasteiger partial charge < -0.3 is 20.4 Å². The number of nitrogens with one attached hydrogen (secondary N) is 1. The van der Waals surface area contributed by atoms with Crippen molar-refractivity contribution in [2.45, 2.75) is 76.5 Å². The monoisotopic (exact) mass is 468 g/mol. The highest BCUT2D eigenvalue weighted by molar-refractivity contribution is 6.01. The van der Waals surface area contributed by atoms with Gasteiger partial charge in [-0.05, 0) is 37.7 Å². The lowest BCUT2D eigenvalue weighted by molar-refractivity contribution is -0.140. The number of nitrogens with zero attached hydrogens (tertiary/aromatic N) is 3. The maximum atomic E-state index is 13.5. The van der Waals surface area contributed by atoms with Crippen LogP contribution in [0.5, 0.6) is 0 Å². The van der Waals surface area contributed by atoms with E-state index >= 15 is 0 Å². The second kappa shape index (κ2) is 8.69. The van der Waals surface area contributed by atoms with Gasteiger partial charge in [-0.15, -0.1) is 0 Å². The molecule has 2 aliphatic carbocycles. The topological polar surface area (TPSA) is 125 Å².